The van der Waals surface area contributed by atoms with Crippen molar-refractivity contribution < 1.29 is 28.4 Å². The average Bonchev–Trinajstić information content (AvgIpc) is 3.35. The molecule has 8 nitrogen and oxygen atoms in total. The van der Waals surface area contributed by atoms with E-state index < -0.39 is 29.6 Å². The highest BCUT2D eigenvalue weighted by Gasteiger charge is 2.57. The molecule has 3 heterocycles. The first-order valence-corrected chi connectivity index (χ1v) is 7.45. The highest BCUT2D eigenvalue weighted by Crippen LogP contribution is 2.34. The molecule has 2 unspecified atom stereocenters. The minimum Gasteiger partial charge on any atom is -0.497 e. The van der Waals surface area contributed by atoms with Gasteiger partial charge in [-0.05, 0) is 36.4 Å². The lowest BCUT2D eigenvalue weighted by atomic mass is 9.96. The van der Waals surface area contributed by atoms with Crippen LogP contribution in [-0.4, -0.2) is 36.5 Å². The number of ketones is 1. The summed E-state index contributed by atoms with van der Waals surface area (Å²) in [7, 11) is 1.52. The molecule has 1 saturated heterocycles. The Morgan fingerprint density at radius 1 is 1.16 bits per heavy atom. The van der Waals surface area contributed by atoms with Gasteiger partial charge in [-0.2, -0.15) is 0 Å². The first-order chi connectivity index (χ1) is 12.1. The zero-order chi connectivity index (χ0) is 17.6. The second-order valence-electron chi connectivity index (χ2n) is 5.50. The van der Waals surface area contributed by atoms with Gasteiger partial charge in [0.15, 0.2) is 5.76 Å². The summed E-state index contributed by atoms with van der Waals surface area (Å²) in [5.41, 5.74) is 0.243. The lowest BCUT2D eigenvalue weighted by Gasteiger charge is -2.15. The van der Waals surface area contributed by atoms with E-state index in [1.54, 1.807) is 30.3 Å². The van der Waals surface area contributed by atoms with Crippen LogP contribution in [-0.2, 0) is 14.4 Å². The minimum atomic E-state index is -1.14. The summed E-state index contributed by atoms with van der Waals surface area (Å²) in [6, 6.07) is 9.44. The number of Topliss-reactive ketones (excluding diaryl/α,β-unsaturated/α-hetero) is 1. The maximum Gasteiger partial charge on any atom is 0.278 e. The number of oxime groups is 1. The van der Waals surface area contributed by atoms with Crippen LogP contribution in [0.2, 0.25) is 0 Å². The lowest BCUT2D eigenvalue weighted by Crippen LogP contribution is -2.34. The van der Waals surface area contributed by atoms with Gasteiger partial charge in [-0.15, -0.1) is 0 Å². The van der Waals surface area contributed by atoms with E-state index in [0.717, 1.165) is 4.90 Å². The third-order valence-corrected chi connectivity index (χ3v) is 4.12. The Hall–Kier alpha value is -3.42. The first kappa shape index (κ1) is 15.1. The SMILES string of the molecule is COc1ccc(N2C(=O)C3ON=C(C(=O)c4ccco4)C3C2=O)cc1. The number of anilines is 1. The van der Waals surface area contributed by atoms with Crippen LogP contribution in [0.3, 0.4) is 0 Å². The Kier molecular flexibility index (Phi) is 3.38. The average molecular weight is 340 g/mol. The number of fused-ring (bicyclic) bond motifs is 1. The molecule has 0 spiro atoms. The van der Waals surface area contributed by atoms with E-state index in [-0.39, 0.29) is 11.5 Å². The van der Waals surface area contributed by atoms with E-state index in [1.807, 2.05) is 0 Å². The van der Waals surface area contributed by atoms with E-state index in [2.05, 4.69) is 5.16 Å². The van der Waals surface area contributed by atoms with Crippen molar-refractivity contribution in [3.8, 4) is 5.75 Å². The predicted molar refractivity (Wildman–Crippen MR) is 84.3 cm³/mol. The monoisotopic (exact) mass is 340 g/mol. The number of hydrogen-bond donors (Lipinski definition) is 0. The van der Waals surface area contributed by atoms with Gasteiger partial charge in [-0.25, -0.2) is 4.90 Å². The van der Waals surface area contributed by atoms with Gasteiger partial charge in [-0.3, -0.25) is 14.4 Å². The summed E-state index contributed by atoms with van der Waals surface area (Å²) in [5, 5.41) is 3.65. The summed E-state index contributed by atoms with van der Waals surface area (Å²) in [6.45, 7) is 0. The van der Waals surface area contributed by atoms with Crippen molar-refractivity contribution in [1.29, 1.82) is 0 Å². The van der Waals surface area contributed by atoms with Crippen LogP contribution in [0.5, 0.6) is 5.75 Å². The van der Waals surface area contributed by atoms with Crippen molar-refractivity contribution in [2.75, 3.05) is 12.0 Å². The summed E-state index contributed by atoms with van der Waals surface area (Å²) in [4.78, 5) is 43.8. The Morgan fingerprint density at radius 2 is 1.92 bits per heavy atom. The fourth-order valence-corrected chi connectivity index (χ4v) is 2.89. The number of rotatable bonds is 4. The van der Waals surface area contributed by atoms with Crippen molar-refractivity contribution in [3.63, 3.8) is 0 Å². The second-order valence-corrected chi connectivity index (χ2v) is 5.50. The van der Waals surface area contributed by atoms with Crippen LogP contribution < -0.4 is 9.64 Å². The molecule has 0 bridgehead atoms. The largest absolute Gasteiger partial charge is 0.497 e. The molecule has 1 aromatic carbocycles. The Labute approximate surface area is 141 Å². The van der Waals surface area contributed by atoms with E-state index in [9.17, 15) is 14.4 Å². The zero-order valence-corrected chi connectivity index (χ0v) is 13.0. The highest BCUT2D eigenvalue weighted by molar-refractivity contribution is 6.52. The molecule has 0 N–H and O–H groups in total. The summed E-state index contributed by atoms with van der Waals surface area (Å²) >= 11 is 0. The topological polar surface area (TPSA) is 98.4 Å². The molecule has 1 aromatic heterocycles. The number of nitrogens with zero attached hydrogens (tertiary/aromatic N) is 2. The summed E-state index contributed by atoms with van der Waals surface area (Å²) in [6.07, 6.45) is 0.204. The van der Waals surface area contributed by atoms with Crippen LogP contribution in [0.15, 0.2) is 52.2 Å². The molecule has 2 amide bonds. The van der Waals surface area contributed by atoms with Gasteiger partial charge in [0.2, 0.25) is 17.8 Å². The Bertz CT molecular complexity index is 884. The normalized spacial score (nSPS) is 21.8. The summed E-state index contributed by atoms with van der Waals surface area (Å²) in [5.74, 6) is -2.15. The van der Waals surface area contributed by atoms with Crippen LogP contribution in [0.25, 0.3) is 0 Å². The molecule has 0 aliphatic carbocycles. The smallest absolute Gasteiger partial charge is 0.278 e. The van der Waals surface area contributed by atoms with Crippen molar-refractivity contribution in [2.24, 2.45) is 11.1 Å². The number of benzene rings is 1. The molecular formula is C17H12N2O6. The number of furan rings is 1. The van der Waals surface area contributed by atoms with Crippen LogP contribution in [0.1, 0.15) is 10.6 Å². The number of carbonyl (C=O) groups is 3. The molecular weight excluding hydrogens is 328 g/mol. The minimum absolute atomic E-state index is 0.0335. The quantitative estimate of drug-likeness (QED) is 0.616. The highest BCUT2D eigenvalue weighted by atomic mass is 16.7. The molecule has 2 aliphatic heterocycles. The molecule has 8 heteroatoms. The molecule has 1 fully saturated rings. The molecule has 2 aliphatic rings. The Morgan fingerprint density at radius 3 is 2.56 bits per heavy atom. The number of carbonyl (C=O) groups excluding carboxylic acids is 3. The fraction of sp³-hybridized carbons (Fsp3) is 0.176. The third kappa shape index (κ3) is 2.22. The first-order valence-electron chi connectivity index (χ1n) is 7.45. The molecule has 126 valence electrons. The van der Waals surface area contributed by atoms with Gasteiger partial charge in [-0.1, -0.05) is 5.16 Å². The number of hydrogen-bond acceptors (Lipinski definition) is 7. The van der Waals surface area contributed by atoms with Gasteiger partial charge in [0, 0.05) is 0 Å². The van der Waals surface area contributed by atoms with Crippen molar-refractivity contribution in [1.82, 2.24) is 0 Å². The number of methoxy groups -OCH3 is 1. The summed E-state index contributed by atoms with van der Waals surface area (Å²) < 4.78 is 10.1. The zero-order valence-electron chi connectivity index (χ0n) is 13.0. The molecule has 2 aromatic rings. The maximum atomic E-state index is 12.8. The number of imide groups is 1. The molecule has 2 atom stereocenters. The van der Waals surface area contributed by atoms with Crippen molar-refractivity contribution in [3.05, 3.63) is 48.4 Å². The van der Waals surface area contributed by atoms with Crippen LogP contribution in [0.4, 0.5) is 5.69 Å². The van der Waals surface area contributed by atoms with Gasteiger partial charge in [0.05, 0.1) is 19.1 Å². The number of amides is 2. The van der Waals surface area contributed by atoms with Gasteiger partial charge in [0.25, 0.3) is 5.91 Å². The van der Waals surface area contributed by atoms with Crippen molar-refractivity contribution in [2.45, 2.75) is 6.10 Å². The van der Waals surface area contributed by atoms with Gasteiger partial charge in [0.1, 0.15) is 17.4 Å². The Balaban J connectivity index is 1.65. The van der Waals surface area contributed by atoms with Crippen molar-refractivity contribution >= 4 is 29.0 Å². The number of ether oxygens (including phenoxy) is 1. The van der Waals surface area contributed by atoms with E-state index >= 15 is 0 Å². The van der Waals surface area contributed by atoms with Gasteiger partial charge >= 0.3 is 0 Å². The van der Waals surface area contributed by atoms with Gasteiger partial charge < -0.3 is 14.0 Å². The van der Waals surface area contributed by atoms with E-state index in [4.69, 9.17) is 14.0 Å². The molecule has 25 heavy (non-hydrogen) atoms. The van der Waals surface area contributed by atoms with E-state index in [1.165, 1.54) is 19.4 Å². The van der Waals surface area contributed by atoms with Crippen LogP contribution in [0, 0.1) is 5.92 Å². The third-order valence-electron chi connectivity index (χ3n) is 4.12. The van der Waals surface area contributed by atoms with Crippen LogP contribution >= 0.6 is 0 Å². The lowest BCUT2D eigenvalue weighted by molar-refractivity contribution is -0.126. The van der Waals surface area contributed by atoms with E-state index in [0.29, 0.717) is 11.4 Å². The predicted octanol–water partition coefficient (Wildman–Crippen LogP) is 1.42. The maximum absolute atomic E-state index is 12.8. The molecule has 0 saturated carbocycles. The standard InChI is InChI=1S/C17H12N2O6/c1-23-10-6-4-9(5-7-10)19-16(21)12-13(18-25-15(12)17(19)22)14(20)11-3-2-8-24-11/h2-8,12,15H,1H3. The second kappa shape index (κ2) is 5.59. The fourth-order valence-electron chi connectivity index (χ4n) is 2.89. The molecule has 4 rings (SSSR count). The molecule has 0 radical (unpaired) electrons.